The van der Waals surface area contributed by atoms with E-state index in [1.165, 1.54) is 10.4 Å². The third-order valence-corrected chi connectivity index (χ3v) is 9.01. The molecule has 5 rings (SSSR count). The lowest BCUT2D eigenvalue weighted by molar-refractivity contribution is -0.126. The fourth-order valence-electron chi connectivity index (χ4n) is 5.45. The minimum atomic E-state index is -0.0199. The van der Waals surface area contributed by atoms with Crippen LogP contribution in [0.1, 0.15) is 65.6 Å². The van der Waals surface area contributed by atoms with Gasteiger partial charge in [0.2, 0.25) is 5.91 Å². The van der Waals surface area contributed by atoms with E-state index in [0.717, 1.165) is 34.5 Å². The van der Waals surface area contributed by atoms with Gasteiger partial charge in [0.25, 0.3) is 5.91 Å². The highest BCUT2D eigenvalue weighted by Crippen LogP contribution is 2.32. The summed E-state index contributed by atoms with van der Waals surface area (Å²) >= 11 is 1.74. The molecule has 0 aliphatic carbocycles. The number of amides is 2. The summed E-state index contributed by atoms with van der Waals surface area (Å²) in [4.78, 5) is 29.5. The zero-order valence-corrected chi connectivity index (χ0v) is 25.0. The Morgan fingerprint density at radius 1 is 1.05 bits per heavy atom. The SMILES string of the molecule is CCCNC(=O)C1CCN(C(=O)c2cc3sc(CNC(C)c4ccccc4)cc3n2Cc2ccc(OC)cc2)CC1. The van der Waals surface area contributed by atoms with Crippen molar-refractivity contribution in [3.8, 4) is 5.75 Å². The van der Waals surface area contributed by atoms with E-state index >= 15 is 0 Å². The number of hydrogen-bond acceptors (Lipinski definition) is 5. The number of carbonyl (C=O) groups excluding carboxylic acids is 2. The monoisotopic (exact) mass is 572 g/mol. The molecule has 2 aromatic heterocycles. The number of nitrogens with zero attached hydrogens (tertiary/aromatic N) is 2. The molecule has 4 aromatic rings. The van der Waals surface area contributed by atoms with Gasteiger partial charge in [-0.1, -0.05) is 49.4 Å². The van der Waals surface area contributed by atoms with E-state index in [1.807, 2.05) is 23.1 Å². The van der Waals surface area contributed by atoms with Crippen molar-refractivity contribution in [1.82, 2.24) is 20.1 Å². The molecule has 1 aliphatic rings. The third kappa shape index (κ3) is 6.82. The Morgan fingerprint density at radius 3 is 2.46 bits per heavy atom. The lowest BCUT2D eigenvalue weighted by Crippen LogP contribution is -2.43. The van der Waals surface area contributed by atoms with Crippen molar-refractivity contribution in [2.45, 2.75) is 52.2 Å². The molecule has 1 atom stereocenters. The number of benzene rings is 2. The number of methoxy groups -OCH3 is 1. The molecule has 41 heavy (non-hydrogen) atoms. The highest BCUT2D eigenvalue weighted by atomic mass is 32.1. The summed E-state index contributed by atoms with van der Waals surface area (Å²) in [6.45, 7) is 7.48. The van der Waals surface area contributed by atoms with Gasteiger partial charge in [0.15, 0.2) is 0 Å². The van der Waals surface area contributed by atoms with Crippen LogP contribution in [0.2, 0.25) is 0 Å². The molecule has 1 aliphatic heterocycles. The minimum Gasteiger partial charge on any atom is -0.497 e. The number of carbonyl (C=O) groups is 2. The van der Waals surface area contributed by atoms with Crippen LogP contribution >= 0.6 is 11.3 Å². The van der Waals surface area contributed by atoms with E-state index in [9.17, 15) is 9.59 Å². The van der Waals surface area contributed by atoms with Crippen LogP contribution in [0.25, 0.3) is 10.2 Å². The predicted molar refractivity (Wildman–Crippen MR) is 166 cm³/mol. The van der Waals surface area contributed by atoms with Crippen molar-refractivity contribution in [1.29, 1.82) is 0 Å². The average Bonchev–Trinajstić information content (AvgIpc) is 3.57. The molecular formula is C33H40N4O3S. The van der Waals surface area contributed by atoms with Crippen LogP contribution in [-0.2, 0) is 17.9 Å². The van der Waals surface area contributed by atoms with Crippen LogP contribution < -0.4 is 15.4 Å². The van der Waals surface area contributed by atoms with Gasteiger partial charge in [-0.05, 0) is 61.6 Å². The highest BCUT2D eigenvalue weighted by molar-refractivity contribution is 7.19. The maximum absolute atomic E-state index is 13.9. The molecule has 216 valence electrons. The summed E-state index contributed by atoms with van der Waals surface area (Å²) in [5.74, 6) is 0.940. The average molecular weight is 573 g/mol. The van der Waals surface area contributed by atoms with Crippen LogP contribution in [0.3, 0.4) is 0 Å². The quantitative estimate of drug-likeness (QED) is 0.232. The number of ether oxygens (including phenoxy) is 1. The predicted octanol–water partition coefficient (Wildman–Crippen LogP) is 5.99. The number of fused-ring (bicyclic) bond motifs is 1. The summed E-state index contributed by atoms with van der Waals surface area (Å²) in [5.41, 5.74) is 4.14. The summed E-state index contributed by atoms with van der Waals surface area (Å²) in [7, 11) is 1.66. The summed E-state index contributed by atoms with van der Waals surface area (Å²) < 4.78 is 8.61. The van der Waals surface area contributed by atoms with E-state index in [4.69, 9.17) is 4.74 Å². The van der Waals surface area contributed by atoms with Crippen LogP contribution in [0.4, 0.5) is 0 Å². The first-order chi connectivity index (χ1) is 20.0. The number of piperidine rings is 1. The number of thiophene rings is 1. The van der Waals surface area contributed by atoms with Gasteiger partial charge in [-0.25, -0.2) is 0 Å². The Kier molecular flexibility index (Phi) is 9.42. The van der Waals surface area contributed by atoms with Crippen molar-refractivity contribution < 1.29 is 14.3 Å². The maximum atomic E-state index is 13.9. The number of likely N-dealkylation sites (tertiary alicyclic amines) is 1. The molecule has 7 nitrogen and oxygen atoms in total. The third-order valence-electron chi connectivity index (χ3n) is 7.94. The Labute approximate surface area is 246 Å². The largest absolute Gasteiger partial charge is 0.497 e. The lowest BCUT2D eigenvalue weighted by atomic mass is 9.95. The summed E-state index contributed by atoms with van der Waals surface area (Å²) in [6, 6.07) is 23.0. The highest BCUT2D eigenvalue weighted by Gasteiger charge is 2.29. The molecule has 1 fully saturated rings. The van der Waals surface area contributed by atoms with E-state index in [-0.39, 0.29) is 23.8 Å². The first-order valence-corrected chi connectivity index (χ1v) is 15.4. The number of hydrogen-bond donors (Lipinski definition) is 2. The summed E-state index contributed by atoms with van der Waals surface area (Å²) in [5, 5.41) is 6.65. The standard InChI is InChI=1S/C33H40N4O3S/c1-4-16-34-32(38)26-14-17-36(18-15-26)33(39)30-20-31-29(37(30)22-24-10-12-27(40-3)13-11-24)19-28(41-31)21-35-23(2)25-8-6-5-7-9-25/h5-13,19-20,23,26,35H,4,14-18,21-22H2,1-3H3,(H,34,38). The Balaban J connectivity index is 1.35. The van der Waals surface area contributed by atoms with Crippen molar-refractivity contribution in [2.75, 3.05) is 26.7 Å². The van der Waals surface area contributed by atoms with Crippen LogP contribution in [-0.4, -0.2) is 48.0 Å². The zero-order chi connectivity index (χ0) is 28.8. The van der Waals surface area contributed by atoms with Gasteiger partial charge in [0.1, 0.15) is 11.4 Å². The first kappa shape index (κ1) is 28.9. The molecule has 2 aromatic carbocycles. The van der Waals surface area contributed by atoms with E-state index < -0.39 is 0 Å². The second kappa shape index (κ2) is 13.4. The van der Waals surface area contributed by atoms with Crippen molar-refractivity contribution >= 4 is 33.4 Å². The number of nitrogens with one attached hydrogen (secondary N) is 2. The Hall–Kier alpha value is -3.62. The van der Waals surface area contributed by atoms with E-state index in [2.05, 4.69) is 77.6 Å². The molecular weight excluding hydrogens is 532 g/mol. The molecule has 2 N–H and O–H groups in total. The van der Waals surface area contributed by atoms with Gasteiger partial charge >= 0.3 is 0 Å². The van der Waals surface area contributed by atoms with Gasteiger partial charge in [-0.2, -0.15) is 0 Å². The second-order valence-electron chi connectivity index (χ2n) is 10.8. The van der Waals surface area contributed by atoms with Gasteiger partial charge < -0.3 is 24.8 Å². The second-order valence-corrected chi connectivity index (χ2v) is 12.0. The molecule has 1 unspecified atom stereocenters. The van der Waals surface area contributed by atoms with E-state index in [1.54, 1.807) is 18.4 Å². The zero-order valence-electron chi connectivity index (χ0n) is 24.2. The lowest BCUT2D eigenvalue weighted by Gasteiger charge is -2.31. The minimum absolute atomic E-state index is 0.0199. The number of rotatable bonds is 11. The van der Waals surface area contributed by atoms with Crippen molar-refractivity contribution in [2.24, 2.45) is 5.92 Å². The summed E-state index contributed by atoms with van der Waals surface area (Å²) in [6.07, 6.45) is 2.32. The van der Waals surface area contributed by atoms with Gasteiger partial charge in [-0.3, -0.25) is 9.59 Å². The van der Waals surface area contributed by atoms with Gasteiger partial charge in [0.05, 0.1) is 17.3 Å². The molecule has 2 amide bonds. The van der Waals surface area contributed by atoms with Crippen LogP contribution in [0.15, 0.2) is 66.7 Å². The molecule has 1 saturated heterocycles. The maximum Gasteiger partial charge on any atom is 0.270 e. The fourth-order valence-corrected chi connectivity index (χ4v) is 6.51. The number of aromatic nitrogens is 1. The molecule has 0 bridgehead atoms. The Morgan fingerprint density at radius 2 is 1.78 bits per heavy atom. The van der Waals surface area contributed by atoms with E-state index in [0.29, 0.717) is 44.7 Å². The van der Waals surface area contributed by atoms with Crippen LogP contribution in [0, 0.1) is 5.92 Å². The Bertz CT molecular complexity index is 1450. The molecule has 0 radical (unpaired) electrons. The van der Waals surface area contributed by atoms with Gasteiger partial charge in [0, 0.05) is 49.6 Å². The normalized spacial score (nSPS) is 14.8. The smallest absolute Gasteiger partial charge is 0.270 e. The van der Waals surface area contributed by atoms with Crippen molar-refractivity contribution in [3.63, 3.8) is 0 Å². The molecule has 0 saturated carbocycles. The molecule has 8 heteroatoms. The molecule has 0 spiro atoms. The van der Waals surface area contributed by atoms with Gasteiger partial charge in [-0.15, -0.1) is 11.3 Å². The molecule has 3 heterocycles. The van der Waals surface area contributed by atoms with Crippen molar-refractivity contribution in [3.05, 3.63) is 88.4 Å². The topological polar surface area (TPSA) is 75.6 Å². The fraction of sp³-hybridized carbons (Fsp3) is 0.394. The first-order valence-electron chi connectivity index (χ1n) is 14.6. The van der Waals surface area contributed by atoms with Crippen LogP contribution in [0.5, 0.6) is 5.75 Å².